The Hall–Kier alpha value is -1.35. The molecule has 4 heteroatoms. The predicted octanol–water partition coefficient (Wildman–Crippen LogP) is 2.29. The number of fused-ring (bicyclic) bond motifs is 1. The fraction of sp³-hybridized carbons (Fsp3) is 0.111. The molecule has 0 radical (unpaired) electrons. The number of aromatic nitrogens is 2. The van der Waals surface area contributed by atoms with Gasteiger partial charge in [0.15, 0.2) is 0 Å². The highest BCUT2D eigenvalue weighted by atomic mass is 35.5. The molecule has 0 bridgehead atoms. The van der Waals surface area contributed by atoms with Gasteiger partial charge in [0.25, 0.3) is 0 Å². The van der Waals surface area contributed by atoms with Crippen molar-refractivity contribution in [2.75, 3.05) is 7.11 Å². The fourth-order valence-electron chi connectivity index (χ4n) is 1.13. The van der Waals surface area contributed by atoms with Crippen LogP contribution >= 0.6 is 11.6 Å². The molecule has 0 aliphatic carbocycles. The molecule has 0 fully saturated rings. The van der Waals surface area contributed by atoms with Gasteiger partial charge in [-0.05, 0) is 12.1 Å². The minimum atomic E-state index is 0.604. The van der Waals surface area contributed by atoms with Gasteiger partial charge in [-0.1, -0.05) is 11.6 Å². The maximum absolute atomic E-state index is 5.91. The molecular formula is C9H7ClN2O. The van der Waals surface area contributed by atoms with Gasteiger partial charge in [0, 0.05) is 11.5 Å². The molecule has 3 nitrogen and oxygen atoms in total. The molecule has 0 atom stereocenters. The van der Waals surface area contributed by atoms with Crippen LogP contribution in [0.25, 0.3) is 10.9 Å². The van der Waals surface area contributed by atoms with E-state index in [2.05, 4.69) is 10.2 Å². The molecule has 0 aliphatic heterocycles. The van der Waals surface area contributed by atoms with Crippen LogP contribution in [0.2, 0.25) is 5.02 Å². The summed E-state index contributed by atoms with van der Waals surface area (Å²) in [6, 6.07) is 5.51. The van der Waals surface area contributed by atoms with Gasteiger partial charge in [0.1, 0.15) is 5.75 Å². The van der Waals surface area contributed by atoms with Gasteiger partial charge in [0.05, 0.1) is 23.8 Å². The first-order valence-electron chi connectivity index (χ1n) is 3.76. The van der Waals surface area contributed by atoms with Crippen LogP contribution in [0.4, 0.5) is 0 Å². The Morgan fingerprint density at radius 3 is 3.00 bits per heavy atom. The van der Waals surface area contributed by atoms with Crippen molar-refractivity contribution < 1.29 is 4.74 Å². The second kappa shape index (κ2) is 3.18. The summed E-state index contributed by atoms with van der Waals surface area (Å²) in [5.41, 5.74) is 0.742. The van der Waals surface area contributed by atoms with Crippen molar-refractivity contribution in [2.24, 2.45) is 0 Å². The molecule has 0 N–H and O–H groups in total. The molecule has 0 saturated heterocycles. The number of halogens is 1. The lowest BCUT2D eigenvalue weighted by Gasteiger charge is -2.01. The molecule has 2 rings (SSSR count). The second-order valence-electron chi connectivity index (χ2n) is 2.58. The zero-order valence-electron chi connectivity index (χ0n) is 6.99. The third-order valence-electron chi connectivity index (χ3n) is 1.80. The van der Waals surface area contributed by atoms with Crippen molar-refractivity contribution in [1.29, 1.82) is 0 Å². The minimum Gasteiger partial charge on any atom is -0.497 e. The highest BCUT2D eigenvalue weighted by Gasteiger charge is 2.01. The Morgan fingerprint density at radius 1 is 1.38 bits per heavy atom. The van der Waals surface area contributed by atoms with E-state index in [0.29, 0.717) is 5.02 Å². The average Bonchev–Trinajstić information content (AvgIpc) is 2.18. The summed E-state index contributed by atoms with van der Waals surface area (Å²) in [6.45, 7) is 0. The monoisotopic (exact) mass is 194 g/mol. The zero-order chi connectivity index (χ0) is 9.26. The van der Waals surface area contributed by atoms with Crippen LogP contribution in [0.3, 0.4) is 0 Å². The number of ether oxygens (including phenoxy) is 1. The third kappa shape index (κ3) is 1.42. The lowest BCUT2D eigenvalue weighted by atomic mass is 10.2. The Balaban J connectivity index is 2.72. The Bertz CT molecular complexity index is 445. The summed E-state index contributed by atoms with van der Waals surface area (Å²) in [5, 5.41) is 9.18. The van der Waals surface area contributed by atoms with E-state index in [1.807, 2.05) is 12.1 Å². The fourth-order valence-corrected chi connectivity index (χ4v) is 1.34. The van der Waals surface area contributed by atoms with Crippen molar-refractivity contribution in [3.05, 3.63) is 29.4 Å². The van der Waals surface area contributed by atoms with Gasteiger partial charge >= 0.3 is 0 Å². The van der Waals surface area contributed by atoms with Crippen molar-refractivity contribution in [3.8, 4) is 5.75 Å². The van der Waals surface area contributed by atoms with Gasteiger partial charge in [-0.2, -0.15) is 10.2 Å². The van der Waals surface area contributed by atoms with Crippen molar-refractivity contribution in [2.45, 2.75) is 0 Å². The molecule has 0 saturated carbocycles. The van der Waals surface area contributed by atoms with Crippen molar-refractivity contribution >= 4 is 22.5 Å². The molecule has 13 heavy (non-hydrogen) atoms. The molecule has 1 aromatic heterocycles. The molecule has 0 unspecified atom stereocenters. The van der Waals surface area contributed by atoms with Crippen LogP contribution in [0.15, 0.2) is 24.4 Å². The van der Waals surface area contributed by atoms with E-state index < -0.39 is 0 Å². The first kappa shape index (κ1) is 8.26. The van der Waals surface area contributed by atoms with E-state index >= 15 is 0 Å². The van der Waals surface area contributed by atoms with E-state index in [9.17, 15) is 0 Å². The summed E-state index contributed by atoms with van der Waals surface area (Å²) in [7, 11) is 1.61. The Labute approximate surface area is 80.3 Å². The molecule has 0 amide bonds. The van der Waals surface area contributed by atoms with Gasteiger partial charge in [0.2, 0.25) is 0 Å². The quantitative estimate of drug-likeness (QED) is 0.699. The minimum absolute atomic E-state index is 0.604. The van der Waals surface area contributed by atoms with Crippen LogP contribution in [0.5, 0.6) is 5.75 Å². The molecular weight excluding hydrogens is 188 g/mol. The van der Waals surface area contributed by atoms with E-state index in [0.717, 1.165) is 16.7 Å². The Kier molecular flexibility index (Phi) is 2.02. The van der Waals surface area contributed by atoms with Gasteiger partial charge in [-0.25, -0.2) is 0 Å². The standard InChI is InChI=1S/C9H7ClN2O/c1-13-6-2-3-7-8(10)5-11-12-9(7)4-6/h2-5H,1H3. The molecule has 1 aromatic carbocycles. The predicted molar refractivity (Wildman–Crippen MR) is 51.1 cm³/mol. The number of hydrogen-bond acceptors (Lipinski definition) is 3. The number of methoxy groups -OCH3 is 1. The third-order valence-corrected chi connectivity index (χ3v) is 2.10. The molecule has 0 spiro atoms. The largest absolute Gasteiger partial charge is 0.497 e. The topological polar surface area (TPSA) is 35.0 Å². The lowest BCUT2D eigenvalue weighted by Crippen LogP contribution is -1.86. The van der Waals surface area contributed by atoms with E-state index in [-0.39, 0.29) is 0 Å². The maximum atomic E-state index is 5.91. The summed E-state index contributed by atoms with van der Waals surface area (Å²) in [5.74, 6) is 0.754. The highest BCUT2D eigenvalue weighted by molar-refractivity contribution is 6.35. The van der Waals surface area contributed by atoms with Crippen LogP contribution in [0, 0.1) is 0 Å². The zero-order valence-corrected chi connectivity index (χ0v) is 7.75. The van der Waals surface area contributed by atoms with Crippen LogP contribution in [-0.2, 0) is 0 Å². The normalized spacial score (nSPS) is 10.3. The first-order chi connectivity index (χ1) is 6.31. The second-order valence-corrected chi connectivity index (χ2v) is 2.98. The number of rotatable bonds is 1. The smallest absolute Gasteiger partial charge is 0.121 e. The van der Waals surface area contributed by atoms with Crippen LogP contribution in [-0.4, -0.2) is 17.3 Å². The highest BCUT2D eigenvalue weighted by Crippen LogP contribution is 2.23. The van der Waals surface area contributed by atoms with E-state index in [4.69, 9.17) is 16.3 Å². The van der Waals surface area contributed by atoms with Crippen LogP contribution in [0.1, 0.15) is 0 Å². The maximum Gasteiger partial charge on any atom is 0.121 e. The van der Waals surface area contributed by atoms with E-state index in [1.165, 1.54) is 6.20 Å². The summed E-state index contributed by atoms with van der Waals surface area (Å²) in [4.78, 5) is 0. The summed E-state index contributed by atoms with van der Waals surface area (Å²) < 4.78 is 5.05. The van der Waals surface area contributed by atoms with E-state index in [1.54, 1.807) is 13.2 Å². The number of nitrogens with zero attached hydrogens (tertiary/aromatic N) is 2. The number of hydrogen-bond donors (Lipinski definition) is 0. The van der Waals surface area contributed by atoms with Crippen molar-refractivity contribution in [3.63, 3.8) is 0 Å². The summed E-state index contributed by atoms with van der Waals surface area (Å²) in [6.07, 6.45) is 1.52. The molecule has 1 heterocycles. The van der Waals surface area contributed by atoms with Gasteiger partial charge < -0.3 is 4.74 Å². The molecule has 66 valence electrons. The van der Waals surface area contributed by atoms with Crippen molar-refractivity contribution in [1.82, 2.24) is 10.2 Å². The molecule has 2 aromatic rings. The first-order valence-corrected chi connectivity index (χ1v) is 4.14. The Morgan fingerprint density at radius 2 is 2.23 bits per heavy atom. The van der Waals surface area contributed by atoms with Gasteiger partial charge in [-0.15, -0.1) is 0 Å². The average molecular weight is 195 g/mol. The van der Waals surface area contributed by atoms with Gasteiger partial charge in [-0.3, -0.25) is 0 Å². The SMILES string of the molecule is COc1ccc2c(Cl)cnnc2c1. The summed E-state index contributed by atoms with van der Waals surface area (Å²) >= 11 is 5.91. The lowest BCUT2D eigenvalue weighted by molar-refractivity contribution is 0.415. The van der Waals surface area contributed by atoms with Crippen LogP contribution < -0.4 is 4.74 Å². The number of benzene rings is 1. The molecule has 0 aliphatic rings.